The van der Waals surface area contributed by atoms with Crippen LogP contribution in [0, 0.1) is 5.92 Å². The van der Waals surface area contributed by atoms with Gasteiger partial charge in [-0.3, -0.25) is 9.78 Å². The molecule has 1 aliphatic heterocycles. The third-order valence-electron chi connectivity index (χ3n) is 6.32. The molecule has 150 valence electrons. The molecule has 1 amide bonds. The molecule has 0 aromatic carbocycles. The van der Waals surface area contributed by atoms with Crippen LogP contribution in [-0.4, -0.2) is 54.6 Å². The average Bonchev–Trinajstić information content (AvgIpc) is 3.48. The summed E-state index contributed by atoms with van der Waals surface area (Å²) in [6.07, 6.45) is 12.1. The van der Waals surface area contributed by atoms with Gasteiger partial charge in [0.2, 0.25) is 0 Å². The second kappa shape index (κ2) is 7.55. The van der Waals surface area contributed by atoms with Crippen molar-refractivity contribution in [3.8, 4) is 0 Å². The zero-order valence-corrected chi connectivity index (χ0v) is 16.3. The summed E-state index contributed by atoms with van der Waals surface area (Å²) < 4.78 is 2.15. The quantitative estimate of drug-likeness (QED) is 0.739. The van der Waals surface area contributed by atoms with Crippen molar-refractivity contribution in [2.45, 2.75) is 44.2 Å². The van der Waals surface area contributed by atoms with E-state index in [1.165, 1.54) is 25.7 Å². The third kappa shape index (κ3) is 3.51. The third-order valence-corrected chi connectivity index (χ3v) is 6.32. The monoisotopic (exact) mass is 391 g/mol. The Kier molecular flexibility index (Phi) is 4.75. The van der Waals surface area contributed by atoms with Crippen LogP contribution in [0.4, 0.5) is 0 Å². The van der Waals surface area contributed by atoms with Crippen molar-refractivity contribution in [2.24, 2.45) is 5.92 Å². The first-order valence-electron chi connectivity index (χ1n) is 10.4. The average molecular weight is 391 g/mol. The van der Waals surface area contributed by atoms with Crippen molar-refractivity contribution < 1.29 is 9.90 Å². The maximum absolute atomic E-state index is 13.0. The molecule has 7 nitrogen and oxygen atoms in total. The summed E-state index contributed by atoms with van der Waals surface area (Å²) >= 11 is 0. The number of aromatic nitrogens is 4. The molecule has 4 heterocycles. The molecule has 2 fully saturated rings. The number of rotatable bonds is 4. The summed E-state index contributed by atoms with van der Waals surface area (Å²) in [6, 6.07) is 6.21. The lowest BCUT2D eigenvalue weighted by atomic mass is 9.97. The number of hydrogen-bond acceptors (Lipinski definition) is 5. The van der Waals surface area contributed by atoms with Gasteiger partial charge in [-0.1, -0.05) is 12.8 Å². The van der Waals surface area contributed by atoms with E-state index in [9.17, 15) is 9.90 Å². The second-order valence-corrected chi connectivity index (χ2v) is 8.25. The maximum atomic E-state index is 13.0. The number of β-amino-alcohol motifs (C(OH)–C–C–N with tert-alkyl or cyclic N) is 1. The number of hydrogen-bond donors (Lipinski definition) is 1. The molecule has 1 saturated carbocycles. The van der Waals surface area contributed by atoms with Gasteiger partial charge in [-0.2, -0.15) is 0 Å². The van der Waals surface area contributed by atoms with Crippen molar-refractivity contribution in [2.75, 3.05) is 13.1 Å². The Balaban J connectivity index is 1.32. The van der Waals surface area contributed by atoms with Crippen LogP contribution in [0.15, 0.2) is 43.1 Å². The van der Waals surface area contributed by atoms with Gasteiger partial charge in [-0.25, -0.2) is 9.97 Å². The molecule has 3 aromatic heterocycles. The number of carbonyl (C=O) groups excluding carboxylic acids is 1. The zero-order valence-electron chi connectivity index (χ0n) is 16.3. The predicted molar refractivity (Wildman–Crippen MR) is 108 cm³/mol. The summed E-state index contributed by atoms with van der Waals surface area (Å²) in [4.78, 5) is 27.8. The number of pyridine rings is 2. The number of amides is 1. The summed E-state index contributed by atoms with van der Waals surface area (Å²) in [5, 5.41) is 10.5. The summed E-state index contributed by atoms with van der Waals surface area (Å²) in [7, 11) is 0. The molecule has 5 rings (SSSR count). The molecule has 0 bridgehead atoms. The highest BCUT2D eigenvalue weighted by molar-refractivity contribution is 5.96. The Morgan fingerprint density at radius 1 is 1.14 bits per heavy atom. The van der Waals surface area contributed by atoms with Gasteiger partial charge in [-0.15, -0.1) is 0 Å². The van der Waals surface area contributed by atoms with Gasteiger partial charge in [0.1, 0.15) is 5.52 Å². The van der Waals surface area contributed by atoms with E-state index in [-0.39, 0.29) is 11.8 Å². The van der Waals surface area contributed by atoms with Crippen molar-refractivity contribution in [1.29, 1.82) is 0 Å². The van der Waals surface area contributed by atoms with Crippen LogP contribution >= 0.6 is 0 Å². The van der Waals surface area contributed by atoms with Gasteiger partial charge in [-0.05, 0) is 43.0 Å². The number of aliphatic hydroxyl groups excluding tert-OH is 1. The topological polar surface area (TPSA) is 84.1 Å². The number of aliphatic hydroxyl groups is 1. The largest absolute Gasteiger partial charge is 0.391 e. The van der Waals surface area contributed by atoms with Crippen LogP contribution in [0.1, 0.15) is 47.6 Å². The van der Waals surface area contributed by atoms with Crippen LogP contribution in [0.5, 0.6) is 0 Å². The van der Waals surface area contributed by atoms with Gasteiger partial charge in [0, 0.05) is 43.6 Å². The summed E-state index contributed by atoms with van der Waals surface area (Å²) in [5.74, 6) is -0.0642. The van der Waals surface area contributed by atoms with Gasteiger partial charge in [0.15, 0.2) is 5.65 Å². The molecule has 3 aromatic rings. The molecule has 1 aliphatic carbocycles. The first-order valence-corrected chi connectivity index (χ1v) is 10.4. The second-order valence-electron chi connectivity index (χ2n) is 8.25. The fourth-order valence-electron chi connectivity index (χ4n) is 4.71. The minimum Gasteiger partial charge on any atom is -0.391 e. The lowest BCUT2D eigenvalue weighted by Gasteiger charge is -2.16. The smallest absolute Gasteiger partial charge is 0.255 e. The van der Waals surface area contributed by atoms with Crippen LogP contribution < -0.4 is 0 Å². The molecular formula is C22H25N5O2. The molecule has 2 atom stereocenters. The number of nitrogens with zero attached hydrogens (tertiary/aromatic N) is 5. The van der Waals surface area contributed by atoms with E-state index in [0.29, 0.717) is 24.7 Å². The molecule has 2 aliphatic rings. The van der Waals surface area contributed by atoms with Crippen LogP contribution in [0.3, 0.4) is 0 Å². The highest BCUT2D eigenvalue weighted by atomic mass is 16.3. The first kappa shape index (κ1) is 18.2. The summed E-state index contributed by atoms with van der Waals surface area (Å²) in [5.41, 5.74) is 3.27. The van der Waals surface area contributed by atoms with Gasteiger partial charge >= 0.3 is 0 Å². The van der Waals surface area contributed by atoms with Crippen LogP contribution in [0.25, 0.3) is 11.2 Å². The molecule has 7 heteroatoms. The first-order chi connectivity index (χ1) is 14.2. The zero-order chi connectivity index (χ0) is 19.8. The van der Waals surface area contributed by atoms with Crippen molar-refractivity contribution in [1.82, 2.24) is 24.4 Å². The highest BCUT2D eigenvalue weighted by Gasteiger charge is 2.34. The number of likely N-dealkylation sites (tertiary alicyclic amines) is 1. The van der Waals surface area contributed by atoms with E-state index >= 15 is 0 Å². The van der Waals surface area contributed by atoms with Crippen molar-refractivity contribution in [3.63, 3.8) is 0 Å². The lowest BCUT2D eigenvalue weighted by molar-refractivity contribution is 0.0764. The fraction of sp³-hybridized carbons (Fsp3) is 0.455. The minimum absolute atomic E-state index is 0.0274. The van der Waals surface area contributed by atoms with E-state index in [2.05, 4.69) is 19.5 Å². The van der Waals surface area contributed by atoms with E-state index in [1.54, 1.807) is 23.5 Å². The number of fused-ring (bicyclic) bond motifs is 1. The Labute approximate surface area is 169 Å². The van der Waals surface area contributed by atoms with Crippen molar-refractivity contribution >= 4 is 17.1 Å². The fourth-order valence-corrected chi connectivity index (χ4v) is 4.71. The van der Waals surface area contributed by atoms with Gasteiger partial charge < -0.3 is 14.6 Å². The lowest BCUT2D eigenvalue weighted by Crippen LogP contribution is -2.29. The number of imidazole rings is 1. The van der Waals surface area contributed by atoms with E-state index in [0.717, 1.165) is 23.1 Å². The molecule has 1 saturated heterocycles. The summed E-state index contributed by atoms with van der Waals surface area (Å²) in [6.45, 7) is 0.889. The van der Waals surface area contributed by atoms with Crippen molar-refractivity contribution in [3.05, 3.63) is 54.2 Å². The Morgan fingerprint density at radius 2 is 1.93 bits per heavy atom. The molecule has 29 heavy (non-hydrogen) atoms. The Bertz CT molecular complexity index is 1010. The van der Waals surface area contributed by atoms with E-state index < -0.39 is 6.10 Å². The highest BCUT2D eigenvalue weighted by Crippen LogP contribution is 2.31. The minimum atomic E-state index is -0.523. The molecule has 1 N–H and O–H groups in total. The number of carbonyl (C=O) groups is 1. The molecule has 0 radical (unpaired) electrons. The molecule has 0 spiro atoms. The maximum Gasteiger partial charge on any atom is 0.255 e. The van der Waals surface area contributed by atoms with E-state index in [4.69, 9.17) is 0 Å². The molecular weight excluding hydrogens is 366 g/mol. The predicted octanol–water partition coefficient (Wildman–Crippen LogP) is 2.62. The Morgan fingerprint density at radius 3 is 2.72 bits per heavy atom. The molecule has 0 unspecified atom stereocenters. The van der Waals surface area contributed by atoms with Crippen LogP contribution in [0.2, 0.25) is 0 Å². The SMILES string of the molecule is O=C(c1cnc2c(c1)ncn2C1CCCC1)N1C[C@@H](Cc2ccncc2)[C@@H](O)C1. The normalized spacial score (nSPS) is 22.6. The standard InChI is InChI=1S/C22H25N5O2/c28-20-13-26(12-17(20)9-15-5-7-23-8-6-15)22(29)16-10-19-21(24-11-16)27(14-25-19)18-3-1-2-4-18/h5-8,10-11,14,17-18,20,28H,1-4,9,12-13H2/t17-,20+/m1/s1. The van der Waals surface area contributed by atoms with Crippen LogP contribution in [-0.2, 0) is 6.42 Å². The van der Waals surface area contributed by atoms with Gasteiger partial charge in [0.05, 0.1) is 18.0 Å². The van der Waals surface area contributed by atoms with Gasteiger partial charge in [0.25, 0.3) is 5.91 Å². The van der Waals surface area contributed by atoms with E-state index in [1.807, 2.05) is 24.5 Å². The Hall–Kier alpha value is -2.80.